The second-order valence-corrected chi connectivity index (χ2v) is 4.11. The summed E-state index contributed by atoms with van der Waals surface area (Å²) in [4.78, 5) is 22.8. The van der Waals surface area contributed by atoms with Crippen LogP contribution in [0.25, 0.3) is 0 Å². The molecule has 0 spiro atoms. The van der Waals surface area contributed by atoms with Gasteiger partial charge < -0.3 is 19.7 Å². The molecule has 0 amide bonds. The highest BCUT2D eigenvalue weighted by molar-refractivity contribution is 5.72. The van der Waals surface area contributed by atoms with E-state index >= 15 is 0 Å². The van der Waals surface area contributed by atoms with Crippen molar-refractivity contribution < 1.29 is 29.3 Å². The lowest BCUT2D eigenvalue weighted by Crippen LogP contribution is -2.34. The standard InChI is InChI=1S/C13H17NO6/c1-19-10-4-3-9(11(5-10)20-2)6-14(7-12(15)16)8-13(17)18/h3-5H,6-8H2,1-2H3,(H,15,16)(H,17,18). The van der Waals surface area contributed by atoms with Crippen molar-refractivity contribution in [3.05, 3.63) is 23.8 Å². The van der Waals surface area contributed by atoms with Crippen LogP contribution in [0.2, 0.25) is 0 Å². The quantitative estimate of drug-likeness (QED) is 0.724. The Kier molecular flexibility index (Phi) is 5.79. The molecule has 1 rings (SSSR count). The van der Waals surface area contributed by atoms with E-state index in [4.69, 9.17) is 19.7 Å². The van der Waals surface area contributed by atoms with Crippen LogP contribution in [0.5, 0.6) is 11.5 Å². The molecule has 1 aromatic rings. The SMILES string of the molecule is COc1ccc(CN(CC(=O)O)CC(=O)O)c(OC)c1. The van der Waals surface area contributed by atoms with Gasteiger partial charge in [0.15, 0.2) is 0 Å². The molecule has 110 valence electrons. The smallest absolute Gasteiger partial charge is 0.317 e. The van der Waals surface area contributed by atoms with Gasteiger partial charge in [0, 0.05) is 18.2 Å². The van der Waals surface area contributed by atoms with Gasteiger partial charge in [0.1, 0.15) is 11.5 Å². The number of rotatable bonds is 8. The van der Waals surface area contributed by atoms with E-state index in [9.17, 15) is 9.59 Å². The van der Waals surface area contributed by atoms with Gasteiger partial charge in [0.2, 0.25) is 0 Å². The number of hydrogen-bond donors (Lipinski definition) is 2. The van der Waals surface area contributed by atoms with Gasteiger partial charge in [-0.1, -0.05) is 6.07 Å². The Hall–Kier alpha value is -2.28. The molecule has 0 aromatic heterocycles. The van der Waals surface area contributed by atoms with Gasteiger partial charge in [-0.2, -0.15) is 0 Å². The zero-order valence-electron chi connectivity index (χ0n) is 11.3. The summed E-state index contributed by atoms with van der Waals surface area (Å²) in [6.45, 7) is -0.561. The third kappa shape index (κ3) is 4.77. The fourth-order valence-electron chi connectivity index (χ4n) is 1.77. The lowest BCUT2D eigenvalue weighted by Gasteiger charge is -2.19. The van der Waals surface area contributed by atoms with Gasteiger partial charge in [-0.05, 0) is 6.07 Å². The number of benzene rings is 1. The van der Waals surface area contributed by atoms with E-state index in [-0.39, 0.29) is 19.6 Å². The predicted molar refractivity (Wildman–Crippen MR) is 70.1 cm³/mol. The van der Waals surface area contributed by atoms with E-state index in [2.05, 4.69) is 0 Å². The first-order valence-corrected chi connectivity index (χ1v) is 5.83. The van der Waals surface area contributed by atoms with Crippen molar-refractivity contribution in [2.45, 2.75) is 6.54 Å². The van der Waals surface area contributed by atoms with Crippen LogP contribution in [0.4, 0.5) is 0 Å². The van der Waals surface area contributed by atoms with Gasteiger partial charge in [-0.15, -0.1) is 0 Å². The Morgan fingerprint density at radius 3 is 2.15 bits per heavy atom. The summed E-state index contributed by atoms with van der Waals surface area (Å²) >= 11 is 0. The summed E-state index contributed by atoms with van der Waals surface area (Å²) in [6, 6.07) is 5.08. The maximum atomic E-state index is 10.8. The highest BCUT2D eigenvalue weighted by Crippen LogP contribution is 2.25. The minimum absolute atomic E-state index is 0.158. The van der Waals surface area contributed by atoms with E-state index < -0.39 is 11.9 Å². The Morgan fingerprint density at radius 1 is 1.10 bits per heavy atom. The van der Waals surface area contributed by atoms with Gasteiger partial charge in [-0.25, -0.2) is 0 Å². The third-order valence-corrected chi connectivity index (χ3v) is 2.61. The summed E-state index contributed by atoms with van der Waals surface area (Å²) in [7, 11) is 3.01. The summed E-state index contributed by atoms with van der Waals surface area (Å²) in [6.07, 6.45) is 0. The lowest BCUT2D eigenvalue weighted by molar-refractivity contribution is -0.142. The van der Waals surface area contributed by atoms with Gasteiger partial charge in [-0.3, -0.25) is 14.5 Å². The maximum Gasteiger partial charge on any atom is 0.317 e. The second kappa shape index (κ2) is 7.34. The number of carboxylic acid groups (broad SMARTS) is 2. The van der Waals surface area contributed by atoms with E-state index in [1.165, 1.54) is 19.1 Å². The van der Waals surface area contributed by atoms with Crippen LogP contribution in [0.1, 0.15) is 5.56 Å². The highest BCUT2D eigenvalue weighted by Gasteiger charge is 2.16. The monoisotopic (exact) mass is 283 g/mol. The Morgan fingerprint density at radius 2 is 1.70 bits per heavy atom. The molecule has 0 aliphatic rings. The van der Waals surface area contributed by atoms with Crippen molar-refractivity contribution in [2.75, 3.05) is 27.3 Å². The van der Waals surface area contributed by atoms with Crippen molar-refractivity contribution in [2.24, 2.45) is 0 Å². The molecule has 0 saturated carbocycles. The highest BCUT2D eigenvalue weighted by atomic mass is 16.5. The molecule has 1 aromatic carbocycles. The normalized spacial score (nSPS) is 10.3. The lowest BCUT2D eigenvalue weighted by atomic mass is 10.1. The zero-order chi connectivity index (χ0) is 15.1. The molecule has 0 fully saturated rings. The minimum Gasteiger partial charge on any atom is -0.497 e. The predicted octanol–water partition coefficient (Wildman–Crippen LogP) is 0.675. The molecule has 2 N–H and O–H groups in total. The van der Waals surface area contributed by atoms with Crippen LogP contribution in [-0.2, 0) is 16.1 Å². The van der Waals surface area contributed by atoms with Crippen molar-refractivity contribution in [1.29, 1.82) is 0 Å². The van der Waals surface area contributed by atoms with Crippen LogP contribution in [0.15, 0.2) is 18.2 Å². The van der Waals surface area contributed by atoms with Crippen molar-refractivity contribution in [3.63, 3.8) is 0 Å². The van der Waals surface area contributed by atoms with Crippen molar-refractivity contribution in [3.8, 4) is 11.5 Å². The van der Waals surface area contributed by atoms with Gasteiger partial charge >= 0.3 is 11.9 Å². The topological polar surface area (TPSA) is 96.3 Å². The average molecular weight is 283 g/mol. The largest absolute Gasteiger partial charge is 0.497 e. The first-order chi connectivity index (χ1) is 9.46. The number of carbonyl (C=O) groups is 2. The molecule has 0 saturated heterocycles. The van der Waals surface area contributed by atoms with Crippen LogP contribution >= 0.6 is 0 Å². The number of carboxylic acids is 2. The molecule has 7 nitrogen and oxygen atoms in total. The van der Waals surface area contributed by atoms with Crippen molar-refractivity contribution >= 4 is 11.9 Å². The van der Waals surface area contributed by atoms with Crippen LogP contribution < -0.4 is 9.47 Å². The Bertz CT molecular complexity index is 472. The average Bonchev–Trinajstić information content (AvgIpc) is 2.37. The molecule has 0 aliphatic carbocycles. The zero-order valence-corrected chi connectivity index (χ0v) is 11.3. The maximum absolute atomic E-state index is 10.8. The molecule has 0 radical (unpaired) electrons. The Labute approximate surface area is 116 Å². The summed E-state index contributed by atoms with van der Waals surface area (Å²) in [5.41, 5.74) is 0.691. The van der Waals surface area contributed by atoms with Gasteiger partial charge in [0.25, 0.3) is 0 Å². The minimum atomic E-state index is -1.08. The van der Waals surface area contributed by atoms with Crippen molar-refractivity contribution in [1.82, 2.24) is 4.90 Å². The number of methoxy groups -OCH3 is 2. The van der Waals surface area contributed by atoms with E-state index in [1.807, 2.05) is 0 Å². The van der Waals surface area contributed by atoms with Crippen LogP contribution in [-0.4, -0.2) is 54.4 Å². The second-order valence-electron chi connectivity index (χ2n) is 4.11. The number of nitrogens with zero attached hydrogens (tertiary/aromatic N) is 1. The van der Waals surface area contributed by atoms with Crippen LogP contribution in [0.3, 0.4) is 0 Å². The number of aliphatic carboxylic acids is 2. The number of hydrogen-bond acceptors (Lipinski definition) is 5. The molecule has 0 heterocycles. The molecule has 0 atom stereocenters. The van der Waals surface area contributed by atoms with Gasteiger partial charge in [0.05, 0.1) is 27.3 Å². The van der Waals surface area contributed by atoms with E-state index in [1.54, 1.807) is 18.2 Å². The molecular formula is C13H17NO6. The summed E-state index contributed by atoms with van der Waals surface area (Å²) in [5.74, 6) is -1.05. The first kappa shape index (κ1) is 15.8. The molecule has 0 unspecified atom stereocenters. The molecule has 7 heteroatoms. The molecular weight excluding hydrogens is 266 g/mol. The number of ether oxygens (including phenoxy) is 2. The summed E-state index contributed by atoms with van der Waals surface area (Å²) < 4.78 is 10.3. The first-order valence-electron chi connectivity index (χ1n) is 5.83. The fraction of sp³-hybridized carbons (Fsp3) is 0.385. The summed E-state index contributed by atoms with van der Waals surface area (Å²) in [5, 5.41) is 17.6. The van der Waals surface area contributed by atoms with Crippen LogP contribution in [0, 0.1) is 0 Å². The van der Waals surface area contributed by atoms with E-state index in [0.29, 0.717) is 17.1 Å². The molecule has 20 heavy (non-hydrogen) atoms. The molecule has 0 aliphatic heterocycles. The Balaban J connectivity index is 2.91. The molecule has 0 bridgehead atoms. The fourth-order valence-corrected chi connectivity index (χ4v) is 1.77. The third-order valence-electron chi connectivity index (χ3n) is 2.61. The van der Waals surface area contributed by atoms with E-state index in [0.717, 1.165) is 0 Å².